The number of nitrogens with one attached hydrogen (secondary N) is 1. The molecule has 0 bridgehead atoms. The molecule has 1 aromatic heterocycles. The molecule has 0 saturated heterocycles. The number of H-pyrrole nitrogens is 1. The number of nitrogens with zero attached hydrogens (tertiary/aromatic N) is 2. The zero-order chi connectivity index (χ0) is 19.3. The van der Waals surface area contributed by atoms with Gasteiger partial charge in [0.05, 0.1) is 5.69 Å². The molecule has 2 rings (SSSR count). The van der Waals surface area contributed by atoms with Crippen LogP contribution < -0.4 is 11.2 Å². The Morgan fingerprint density at radius 3 is 2.62 bits per heavy atom. The summed E-state index contributed by atoms with van der Waals surface area (Å²) < 4.78 is 13.8. The number of hydrogen-bond donors (Lipinski definition) is 3. The second-order valence-corrected chi connectivity index (χ2v) is 6.21. The van der Waals surface area contributed by atoms with E-state index in [1.807, 2.05) is 11.2 Å². The van der Waals surface area contributed by atoms with Crippen molar-refractivity contribution in [3.8, 4) is 11.6 Å². The molecule has 3 N–H and O–H groups in total. The van der Waals surface area contributed by atoms with Crippen molar-refractivity contribution in [1.29, 1.82) is 0 Å². The van der Waals surface area contributed by atoms with Crippen molar-refractivity contribution in [2.24, 2.45) is 4.99 Å². The van der Waals surface area contributed by atoms with Crippen molar-refractivity contribution in [3.63, 3.8) is 0 Å². The van der Waals surface area contributed by atoms with Gasteiger partial charge in [0, 0.05) is 6.21 Å². The number of benzene rings is 1. The molecule has 1 heterocycles. The highest BCUT2D eigenvalue weighted by molar-refractivity contribution is 7.98. The quantitative estimate of drug-likeness (QED) is 0.615. The third kappa shape index (κ3) is 4.39. The monoisotopic (exact) mass is 381 g/mol. The second kappa shape index (κ2) is 8.48. The van der Waals surface area contributed by atoms with Gasteiger partial charge >= 0.3 is 11.7 Å². The Hall–Kier alpha value is -2.88. The fourth-order valence-corrected chi connectivity index (χ4v) is 2.60. The van der Waals surface area contributed by atoms with Gasteiger partial charge in [-0.15, -0.1) is 0 Å². The average molecular weight is 381 g/mol. The van der Waals surface area contributed by atoms with E-state index in [1.54, 1.807) is 0 Å². The molecule has 138 valence electrons. The lowest BCUT2D eigenvalue weighted by Crippen LogP contribution is -2.31. The van der Waals surface area contributed by atoms with Gasteiger partial charge in [-0.1, -0.05) is 0 Å². The summed E-state index contributed by atoms with van der Waals surface area (Å²) in [7, 11) is 0. The first-order valence-corrected chi connectivity index (χ1v) is 8.83. The summed E-state index contributed by atoms with van der Waals surface area (Å²) in [5.74, 6) is -1.88. The topological polar surface area (TPSA) is 125 Å². The molecule has 2 aromatic rings. The van der Waals surface area contributed by atoms with Crippen LogP contribution in [0.15, 0.2) is 38.8 Å². The molecule has 0 radical (unpaired) electrons. The van der Waals surface area contributed by atoms with E-state index >= 15 is 0 Å². The van der Waals surface area contributed by atoms with E-state index in [-0.39, 0.29) is 17.7 Å². The van der Waals surface area contributed by atoms with Crippen LogP contribution in [0.3, 0.4) is 0 Å². The van der Waals surface area contributed by atoms with Crippen molar-refractivity contribution in [3.05, 3.63) is 56.5 Å². The summed E-state index contributed by atoms with van der Waals surface area (Å²) in [5.41, 5.74) is -2.08. The Balaban J connectivity index is 2.49. The first-order chi connectivity index (χ1) is 12.3. The molecular weight excluding hydrogens is 365 g/mol. The number of aromatic amines is 1. The molecule has 0 saturated carbocycles. The highest BCUT2D eigenvalue weighted by Gasteiger charge is 2.17. The molecule has 0 unspecified atom stereocenters. The van der Waals surface area contributed by atoms with E-state index in [4.69, 9.17) is 5.11 Å². The van der Waals surface area contributed by atoms with E-state index in [0.29, 0.717) is 5.75 Å². The Bertz CT molecular complexity index is 936. The van der Waals surface area contributed by atoms with E-state index in [9.17, 15) is 23.9 Å². The fraction of sp³-hybridized carbons (Fsp3) is 0.250. The summed E-state index contributed by atoms with van der Waals surface area (Å²) in [4.78, 5) is 41.0. The molecule has 8 nitrogen and oxygen atoms in total. The Labute approximate surface area is 151 Å². The number of aliphatic imine (C=N–C) groups is 1. The number of aliphatic carboxylic acids is 1. The van der Waals surface area contributed by atoms with Crippen LogP contribution in [0.1, 0.15) is 12.0 Å². The highest BCUT2D eigenvalue weighted by Crippen LogP contribution is 2.16. The van der Waals surface area contributed by atoms with Crippen LogP contribution in [0.2, 0.25) is 0 Å². The molecule has 0 amide bonds. The molecule has 0 aliphatic heterocycles. The minimum Gasteiger partial charge on any atom is -0.493 e. The Morgan fingerprint density at radius 1 is 1.38 bits per heavy atom. The second-order valence-electron chi connectivity index (χ2n) is 5.22. The third-order valence-corrected chi connectivity index (χ3v) is 4.11. The number of carboxylic acid groups (broad SMARTS) is 1. The minimum atomic E-state index is -1.17. The van der Waals surface area contributed by atoms with Crippen molar-refractivity contribution >= 4 is 23.9 Å². The standard InChI is InChI=1S/C16H16FN3O5S/c1-26-7-6-12(15(23)24)18-8-11-13(21)19-16(25)20(14(11)22)10-4-2-9(17)3-5-10/h2-5,8,12,22H,6-7H2,1H3,(H,23,24)(H,19,21,25)/t12-/m0/s1. The van der Waals surface area contributed by atoms with Crippen LogP contribution in [0, 0.1) is 5.82 Å². The van der Waals surface area contributed by atoms with Gasteiger partial charge in [-0.05, 0) is 42.7 Å². The molecule has 1 aromatic carbocycles. The number of thioether (sulfide) groups is 1. The van der Waals surface area contributed by atoms with Crippen LogP contribution in [0.5, 0.6) is 5.88 Å². The van der Waals surface area contributed by atoms with Gasteiger partial charge in [-0.3, -0.25) is 14.8 Å². The van der Waals surface area contributed by atoms with Crippen LogP contribution in [0.4, 0.5) is 4.39 Å². The van der Waals surface area contributed by atoms with Gasteiger partial charge < -0.3 is 10.2 Å². The number of rotatable bonds is 7. The van der Waals surface area contributed by atoms with Crippen molar-refractivity contribution in [1.82, 2.24) is 9.55 Å². The van der Waals surface area contributed by atoms with Gasteiger partial charge in [0.15, 0.2) is 0 Å². The zero-order valence-corrected chi connectivity index (χ0v) is 14.5. The third-order valence-electron chi connectivity index (χ3n) is 3.47. The van der Waals surface area contributed by atoms with Gasteiger partial charge in [0.2, 0.25) is 5.88 Å². The lowest BCUT2D eigenvalue weighted by molar-refractivity contribution is -0.138. The smallest absolute Gasteiger partial charge is 0.335 e. The SMILES string of the molecule is CSCC[C@H](N=Cc1c(O)n(-c2ccc(F)cc2)c(=O)[nH]c1=O)C(=O)O. The number of aromatic nitrogens is 2. The summed E-state index contributed by atoms with van der Waals surface area (Å²) in [5, 5.41) is 19.5. The normalized spacial score (nSPS) is 12.4. The highest BCUT2D eigenvalue weighted by atomic mass is 32.2. The number of carboxylic acids is 1. The van der Waals surface area contributed by atoms with Gasteiger partial charge in [-0.2, -0.15) is 11.8 Å². The van der Waals surface area contributed by atoms with Crippen LogP contribution in [-0.4, -0.2) is 50.0 Å². The lowest BCUT2D eigenvalue weighted by Gasteiger charge is -2.10. The maximum atomic E-state index is 13.0. The molecular formula is C16H16FN3O5S. The van der Waals surface area contributed by atoms with E-state index in [1.165, 1.54) is 23.9 Å². The van der Waals surface area contributed by atoms with Crippen LogP contribution in [0.25, 0.3) is 5.69 Å². The molecule has 0 aliphatic rings. The van der Waals surface area contributed by atoms with Crippen molar-refractivity contribution < 1.29 is 19.4 Å². The van der Waals surface area contributed by atoms with Gasteiger partial charge in [0.1, 0.15) is 17.4 Å². The maximum Gasteiger partial charge on any atom is 0.335 e. The number of hydrogen-bond acceptors (Lipinski definition) is 6. The molecule has 0 fully saturated rings. The predicted molar refractivity (Wildman–Crippen MR) is 96.3 cm³/mol. The summed E-state index contributed by atoms with van der Waals surface area (Å²) in [6, 6.07) is 3.57. The molecule has 10 heteroatoms. The maximum absolute atomic E-state index is 13.0. The van der Waals surface area contributed by atoms with Gasteiger partial charge in [0.25, 0.3) is 5.56 Å². The largest absolute Gasteiger partial charge is 0.493 e. The van der Waals surface area contributed by atoms with E-state index < -0.39 is 35.0 Å². The summed E-state index contributed by atoms with van der Waals surface area (Å²) >= 11 is 1.45. The molecule has 26 heavy (non-hydrogen) atoms. The lowest BCUT2D eigenvalue weighted by atomic mass is 10.2. The van der Waals surface area contributed by atoms with Crippen LogP contribution in [-0.2, 0) is 4.79 Å². The Morgan fingerprint density at radius 2 is 2.04 bits per heavy atom. The first kappa shape index (κ1) is 19.4. The first-order valence-electron chi connectivity index (χ1n) is 7.44. The molecule has 0 spiro atoms. The number of aromatic hydroxyl groups is 1. The van der Waals surface area contributed by atoms with Crippen LogP contribution >= 0.6 is 11.8 Å². The average Bonchev–Trinajstić information content (AvgIpc) is 2.58. The number of halogens is 1. The minimum absolute atomic E-state index is 0.122. The molecule has 0 aliphatic carbocycles. The fourth-order valence-electron chi connectivity index (χ4n) is 2.14. The Kier molecular flexibility index (Phi) is 6.34. The van der Waals surface area contributed by atoms with Crippen molar-refractivity contribution in [2.45, 2.75) is 12.5 Å². The van der Waals surface area contributed by atoms with Gasteiger partial charge in [-0.25, -0.2) is 18.5 Å². The van der Waals surface area contributed by atoms with E-state index in [2.05, 4.69) is 4.99 Å². The van der Waals surface area contributed by atoms with E-state index in [0.717, 1.165) is 22.9 Å². The summed E-state index contributed by atoms with van der Waals surface area (Å²) in [6.07, 6.45) is 2.98. The summed E-state index contributed by atoms with van der Waals surface area (Å²) in [6.45, 7) is 0. The zero-order valence-electron chi connectivity index (χ0n) is 13.7. The predicted octanol–water partition coefficient (Wildman–Crippen LogP) is 0.996. The van der Waals surface area contributed by atoms with Crippen molar-refractivity contribution in [2.75, 3.05) is 12.0 Å². The number of carbonyl (C=O) groups is 1. The molecule has 1 atom stereocenters.